The minimum atomic E-state index is -0.621. The molecule has 1 aliphatic heterocycles. The minimum absolute atomic E-state index is 0.621. The van der Waals surface area contributed by atoms with E-state index in [0.29, 0.717) is 5.56 Å². The fourth-order valence-electron chi connectivity index (χ4n) is 9.36. The number of benzene rings is 9. The SMILES string of the molecule is N#Cc1ccc(-c2ccc(-c3cccc4c3Oc3c(-c5cc(-c6ccccc6)cc(-c6ccccc6)c5)cccc3C43c4ccccc4-c4ccccc43)cc2)cc1. The molecule has 0 saturated heterocycles. The summed E-state index contributed by atoms with van der Waals surface area (Å²) >= 11 is 0. The zero-order chi connectivity index (χ0) is 38.6. The van der Waals surface area contributed by atoms with Crippen molar-refractivity contribution < 1.29 is 4.74 Å². The molecular formula is C56H35NO. The van der Waals surface area contributed by atoms with E-state index in [1.54, 1.807) is 0 Å². The van der Waals surface area contributed by atoms with Crippen LogP contribution in [0.5, 0.6) is 11.5 Å². The Hall–Kier alpha value is -7.73. The lowest BCUT2D eigenvalue weighted by Crippen LogP contribution is -2.32. The monoisotopic (exact) mass is 737 g/mol. The number of fused-ring (bicyclic) bond motifs is 9. The van der Waals surface area contributed by atoms with E-state index in [9.17, 15) is 5.26 Å². The normalized spacial score (nSPS) is 12.7. The van der Waals surface area contributed by atoms with Crippen LogP contribution in [0.3, 0.4) is 0 Å². The maximum absolute atomic E-state index is 9.34. The Morgan fingerprint density at radius 3 is 1.21 bits per heavy atom. The number of nitriles is 1. The Balaban J connectivity index is 1.17. The van der Waals surface area contributed by atoms with Gasteiger partial charge in [-0.15, -0.1) is 0 Å². The predicted octanol–water partition coefficient (Wildman–Crippen LogP) is 14.4. The molecule has 0 unspecified atom stereocenters. The van der Waals surface area contributed by atoms with Gasteiger partial charge in [0.15, 0.2) is 0 Å². The quantitative estimate of drug-likeness (QED) is 0.176. The van der Waals surface area contributed by atoms with E-state index >= 15 is 0 Å². The van der Waals surface area contributed by atoms with Crippen LogP contribution in [0.4, 0.5) is 0 Å². The average molecular weight is 738 g/mol. The predicted molar refractivity (Wildman–Crippen MR) is 236 cm³/mol. The van der Waals surface area contributed by atoms with Crippen LogP contribution in [0.25, 0.3) is 66.8 Å². The van der Waals surface area contributed by atoms with Crippen molar-refractivity contribution in [3.63, 3.8) is 0 Å². The van der Waals surface area contributed by atoms with Gasteiger partial charge in [0.25, 0.3) is 0 Å². The second kappa shape index (κ2) is 13.5. The molecular weight excluding hydrogens is 703 g/mol. The molecule has 0 N–H and O–H groups in total. The summed E-state index contributed by atoms with van der Waals surface area (Å²) in [6, 6.07) is 78.0. The topological polar surface area (TPSA) is 33.0 Å². The lowest BCUT2D eigenvalue weighted by Gasteiger charge is -2.41. The molecule has 2 heteroatoms. The molecule has 0 atom stereocenters. The molecule has 1 heterocycles. The molecule has 9 aromatic carbocycles. The highest BCUT2D eigenvalue weighted by Gasteiger charge is 2.52. The summed E-state index contributed by atoms with van der Waals surface area (Å²) in [6.45, 7) is 0. The van der Waals surface area contributed by atoms with Gasteiger partial charge in [-0.3, -0.25) is 0 Å². The molecule has 2 nitrogen and oxygen atoms in total. The van der Waals surface area contributed by atoms with Crippen molar-refractivity contribution in [1.29, 1.82) is 5.26 Å². The van der Waals surface area contributed by atoms with Crippen LogP contribution in [-0.4, -0.2) is 0 Å². The second-order valence-corrected chi connectivity index (χ2v) is 15.1. The lowest BCUT2D eigenvalue weighted by molar-refractivity contribution is 0.440. The molecule has 0 saturated carbocycles. The first-order valence-corrected chi connectivity index (χ1v) is 19.7. The van der Waals surface area contributed by atoms with E-state index in [4.69, 9.17) is 4.74 Å². The second-order valence-electron chi connectivity index (χ2n) is 15.1. The van der Waals surface area contributed by atoms with E-state index in [1.165, 1.54) is 33.4 Å². The third kappa shape index (κ3) is 5.18. The van der Waals surface area contributed by atoms with Gasteiger partial charge in [-0.2, -0.15) is 5.26 Å². The summed E-state index contributed by atoms with van der Waals surface area (Å²) in [5, 5.41) is 9.34. The number of ether oxygens (including phenoxy) is 1. The van der Waals surface area contributed by atoms with Crippen molar-refractivity contribution in [2.24, 2.45) is 0 Å². The Kier molecular flexibility index (Phi) is 7.81. The summed E-state index contributed by atoms with van der Waals surface area (Å²) in [5.41, 5.74) is 18.4. The van der Waals surface area contributed by atoms with Gasteiger partial charge in [-0.25, -0.2) is 0 Å². The molecule has 0 aromatic heterocycles. The van der Waals surface area contributed by atoms with E-state index in [-0.39, 0.29) is 0 Å². The fraction of sp³-hybridized carbons (Fsp3) is 0.0179. The Labute approximate surface area is 338 Å². The standard InChI is InChI=1S/C56H35NO/c57-36-37-25-27-40(28-26-37)41-29-31-42(32-30-41)46-19-11-23-52-54(46)58-55-47(45-34-43(38-13-3-1-4-14-38)33-44(35-45)39-15-5-2-6-16-39)20-12-24-53(55)56(52)50-21-9-7-17-48(50)49-18-8-10-22-51(49)56/h1-35H. The molecule has 1 spiro atoms. The van der Waals surface area contributed by atoms with Gasteiger partial charge >= 0.3 is 0 Å². The Morgan fingerprint density at radius 1 is 0.310 bits per heavy atom. The van der Waals surface area contributed by atoms with E-state index in [1.807, 2.05) is 24.3 Å². The summed E-state index contributed by atoms with van der Waals surface area (Å²) in [7, 11) is 0. The molecule has 9 aromatic rings. The van der Waals surface area contributed by atoms with Gasteiger partial charge in [-0.1, -0.05) is 182 Å². The highest BCUT2D eigenvalue weighted by atomic mass is 16.5. The maximum atomic E-state index is 9.34. The van der Waals surface area contributed by atoms with Crippen LogP contribution in [0.15, 0.2) is 212 Å². The van der Waals surface area contributed by atoms with Gasteiger partial charge in [0.1, 0.15) is 11.5 Å². The first-order valence-electron chi connectivity index (χ1n) is 19.7. The van der Waals surface area contributed by atoms with Crippen molar-refractivity contribution in [2.45, 2.75) is 5.41 Å². The summed E-state index contributed by atoms with van der Waals surface area (Å²) in [4.78, 5) is 0. The van der Waals surface area contributed by atoms with Crippen molar-refractivity contribution in [2.75, 3.05) is 0 Å². The summed E-state index contributed by atoms with van der Waals surface area (Å²) in [5.74, 6) is 1.73. The van der Waals surface area contributed by atoms with E-state index in [2.05, 4.69) is 194 Å². The molecule has 0 bridgehead atoms. The molecule has 270 valence electrons. The van der Waals surface area contributed by atoms with E-state index in [0.717, 1.165) is 67.1 Å². The molecule has 0 amide bonds. The largest absolute Gasteiger partial charge is 0.455 e. The Morgan fingerprint density at radius 2 is 0.690 bits per heavy atom. The average Bonchev–Trinajstić information content (AvgIpc) is 3.60. The highest BCUT2D eigenvalue weighted by Crippen LogP contribution is 2.64. The van der Waals surface area contributed by atoms with E-state index < -0.39 is 5.41 Å². The first kappa shape index (κ1) is 33.6. The van der Waals surface area contributed by atoms with Crippen LogP contribution in [0.2, 0.25) is 0 Å². The van der Waals surface area contributed by atoms with Crippen LogP contribution < -0.4 is 4.74 Å². The smallest absolute Gasteiger partial charge is 0.140 e. The summed E-state index contributed by atoms with van der Waals surface area (Å²) in [6.07, 6.45) is 0. The van der Waals surface area contributed by atoms with Crippen molar-refractivity contribution in [3.8, 4) is 84.3 Å². The minimum Gasteiger partial charge on any atom is -0.455 e. The highest BCUT2D eigenvalue weighted by molar-refractivity contribution is 5.93. The van der Waals surface area contributed by atoms with Gasteiger partial charge in [-0.05, 0) is 97.1 Å². The molecule has 11 rings (SSSR count). The number of hydrogen-bond donors (Lipinski definition) is 0. The zero-order valence-corrected chi connectivity index (χ0v) is 31.6. The number of nitrogens with zero attached hydrogens (tertiary/aromatic N) is 1. The number of rotatable bonds is 5. The number of hydrogen-bond acceptors (Lipinski definition) is 2. The van der Waals surface area contributed by atoms with Crippen LogP contribution >= 0.6 is 0 Å². The maximum Gasteiger partial charge on any atom is 0.140 e. The molecule has 2 aliphatic rings. The molecule has 0 radical (unpaired) electrons. The van der Waals surface area contributed by atoms with Crippen molar-refractivity contribution in [1.82, 2.24) is 0 Å². The molecule has 58 heavy (non-hydrogen) atoms. The van der Waals surface area contributed by atoms with Crippen LogP contribution in [-0.2, 0) is 5.41 Å². The van der Waals surface area contributed by atoms with Gasteiger partial charge in [0, 0.05) is 22.3 Å². The Bertz CT molecular complexity index is 2960. The lowest BCUT2D eigenvalue weighted by atomic mass is 9.65. The molecule has 1 aliphatic carbocycles. The van der Waals surface area contributed by atoms with Crippen molar-refractivity contribution in [3.05, 3.63) is 240 Å². The zero-order valence-electron chi connectivity index (χ0n) is 31.6. The van der Waals surface area contributed by atoms with Crippen molar-refractivity contribution >= 4 is 0 Å². The van der Waals surface area contributed by atoms with Gasteiger partial charge in [0.2, 0.25) is 0 Å². The first-order chi connectivity index (χ1) is 28.7. The summed E-state index contributed by atoms with van der Waals surface area (Å²) < 4.78 is 7.47. The molecule has 0 fully saturated rings. The van der Waals surface area contributed by atoms with Crippen LogP contribution in [0, 0.1) is 11.3 Å². The van der Waals surface area contributed by atoms with Gasteiger partial charge in [0.05, 0.1) is 17.0 Å². The van der Waals surface area contributed by atoms with Gasteiger partial charge < -0.3 is 4.74 Å². The van der Waals surface area contributed by atoms with Crippen LogP contribution in [0.1, 0.15) is 27.8 Å². The fourth-order valence-corrected chi connectivity index (χ4v) is 9.36. The third-order valence-corrected chi connectivity index (χ3v) is 12.0. The number of para-hydroxylation sites is 2. The third-order valence-electron chi connectivity index (χ3n) is 12.0.